The molecule has 96 valence electrons. The zero-order valence-corrected chi connectivity index (χ0v) is 11.3. The van der Waals surface area contributed by atoms with Crippen LogP contribution in [0.15, 0.2) is 53.1 Å². The van der Waals surface area contributed by atoms with Crippen molar-refractivity contribution < 1.29 is 8.78 Å². The van der Waals surface area contributed by atoms with Crippen LogP contribution in [0.5, 0.6) is 0 Å². The van der Waals surface area contributed by atoms with Crippen molar-refractivity contribution in [3.8, 4) is 11.3 Å². The molecule has 2 heterocycles. The zero-order chi connectivity index (χ0) is 13.4. The number of hydrogen-bond acceptors (Lipinski definition) is 1. The quantitative estimate of drug-likeness (QED) is 0.668. The lowest BCUT2D eigenvalue weighted by molar-refractivity contribution is 0.152. The number of fused-ring (bicyclic) bond motifs is 1. The Balaban J connectivity index is 2.19. The van der Waals surface area contributed by atoms with Crippen LogP contribution < -0.4 is 0 Å². The van der Waals surface area contributed by atoms with Crippen LogP contribution in [0.25, 0.3) is 16.8 Å². The summed E-state index contributed by atoms with van der Waals surface area (Å²) < 4.78 is 28.5. The topological polar surface area (TPSA) is 17.3 Å². The standard InChI is InChI=1S/C14H9BrF2N2/c15-9-5-6-10-7-13(18-19(10)8-9)11-3-1-2-4-12(11)14(16)17/h1-8,14H. The normalized spacial score (nSPS) is 11.4. The smallest absolute Gasteiger partial charge is 0.239 e. The summed E-state index contributed by atoms with van der Waals surface area (Å²) in [4.78, 5) is 0. The summed E-state index contributed by atoms with van der Waals surface area (Å²) in [6.45, 7) is 0. The Morgan fingerprint density at radius 2 is 1.89 bits per heavy atom. The van der Waals surface area contributed by atoms with E-state index in [9.17, 15) is 8.78 Å². The fourth-order valence-corrected chi connectivity index (χ4v) is 2.34. The van der Waals surface area contributed by atoms with Crippen LogP contribution >= 0.6 is 15.9 Å². The molecule has 3 aromatic rings. The average molecular weight is 323 g/mol. The van der Waals surface area contributed by atoms with Crippen LogP contribution in [-0.2, 0) is 0 Å². The van der Waals surface area contributed by atoms with Crippen molar-refractivity contribution in [2.45, 2.75) is 6.43 Å². The summed E-state index contributed by atoms with van der Waals surface area (Å²) in [7, 11) is 0. The third kappa shape index (κ3) is 2.26. The molecular formula is C14H9BrF2N2. The zero-order valence-electron chi connectivity index (χ0n) is 9.72. The van der Waals surface area contributed by atoms with E-state index in [2.05, 4.69) is 21.0 Å². The van der Waals surface area contributed by atoms with Gasteiger partial charge >= 0.3 is 0 Å². The fourth-order valence-electron chi connectivity index (χ4n) is 2.01. The molecule has 0 aliphatic heterocycles. The Hall–Kier alpha value is -1.75. The van der Waals surface area contributed by atoms with E-state index in [1.54, 1.807) is 35.0 Å². The molecule has 0 N–H and O–H groups in total. The summed E-state index contributed by atoms with van der Waals surface area (Å²) >= 11 is 3.35. The summed E-state index contributed by atoms with van der Waals surface area (Å²) in [5, 5.41) is 4.34. The summed E-state index contributed by atoms with van der Waals surface area (Å²) in [5.41, 5.74) is 1.89. The summed E-state index contributed by atoms with van der Waals surface area (Å²) in [5.74, 6) is 0. The number of pyridine rings is 1. The average Bonchev–Trinajstić information content (AvgIpc) is 2.81. The highest BCUT2D eigenvalue weighted by Gasteiger charge is 2.15. The minimum Gasteiger partial charge on any atom is -0.239 e. The maximum absolute atomic E-state index is 13.0. The predicted octanol–water partition coefficient (Wildman–Crippen LogP) is 4.70. The van der Waals surface area contributed by atoms with Crippen LogP contribution in [-0.4, -0.2) is 9.61 Å². The molecule has 2 aromatic heterocycles. The Bertz CT molecular complexity index is 737. The predicted molar refractivity (Wildman–Crippen MR) is 73.3 cm³/mol. The molecule has 0 fully saturated rings. The van der Waals surface area contributed by atoms with Crippen LogP contribution in [0.4, 0.5) is 8.78 Å². The first-order valence-corrected chi connectivity index (χ1v) is 6.47. The second kappa shape index (κ2) is 4.74. The van der Waals surface area contributed by atoms with E-state index in [4.69, 9.17) is 0 Å². The molecule has 0 atom stereocenters. The van der Waals surface area contributed by atoms with Crippen LogP contribution in [0.2, 0.25) is 0 Å². The number of nitrogens with zero attached hydrogens (tertiary/aromatic N) is 2. The Morgan fingerprint density at radius 1 is 1.11 bits per heavy atom. The number of rotatable bonds is 2. The van der Waals surface area contributed by atoms with Crippen LogP contribution in [0.3, 0.4) is 0 Å². The number of hydrogen-bond donors (Lipinski definition) is 0. The lowest BCUT2D eigenvalue weighted by Crippen LogP contribution is -1.91. The van der Waals surface area contributed by atoms with Crippen LogP contribution in [0.1, 0.15) is 12.0 Å². The molecule has 0 unspecified atom stereocenters. The van der Waals surface area contributed by atoms with E-state index in [-0.39, 0.29) is 5.56 Å². The van der Waals surface area contributed by atoms with E-state index in [0.29, 0.717) is 11.3 Å². The maximum atomic E-state index is 13.0. The highest BCUT2D eigenvalue weighted by molar-refractivity contribution is 9.10. The lowest BCUT2D eigenvalue weighted by Gasteiger charge is -2.05. The van der Waals surface area contributed by atoms with E-state index in [1.807, 2.05) is 12.1 Å². The van der Waals surface area contributed by atoms with Crippen molar-refractivity contribution in [1.29, 1.82) is 0 Å². The van der Waals surface area contributed by atoms with Gasteiger partial charge in [0.15, 0.2) is 0 Å². The van der Waals surface area contributed by atoms with Gasteiger partial charge in [-0.2, -0.15) is 5.10 Å². The van der Waals surface area contributed by atoms with Gasteiger partial charge in [0.2, 0.25) is 0 Å². The van der Waals surface area contributed by atoms with E-state index in [0.717, 1.165) is 9.99 Å². The van der Waals surface area contributed by atoms with Gasteiger partial charge in [-0.3, -0.25) is 0 Å². The molecule has 0 spiro atoms. The highest BCUT2D eigenvalue weighted by Crippen LogP contribution is 2.30. The molecule has 0 radical (unpaired) electrons. The molecule has 0 amide bonds. The maximum Gasteiger partial charge on any atom is 0.264 e. The largest absolute Gasteiger partial charge is 0.264 e. The Kier molecular flexibility index (Phi) is 3.06. The minimum atomic E-state index is -2.51. The SMILES string of the molecule is FC(F)c1ccccc1-c1cc2ccc(Br)cn2n1. The Morgan fingerprint density at radius 3 is 2.68 bits per heavy atom. The highest BCUT2D eigenvalue weighted by atomic mass is 79.9. The van der Waals surface area contributed by atoms with Gasteiger partial charge in [0.1, 0.15) is 0 Å². The first-order valence-electron chi connectivity index (χ1n) is 5.67. The van der Waals surface area contributed by atoms with Crippen molar-refractivity contribution in [3.63, 3.8) is 0 Å². The van der Waals surface area contributed by atoms with Gasteiger partial charge in [-0.1, -0.05) is 24.3 Å². The van der Waals surface area contributed by atoms with Crippen molar-refractivity contribution in [2.75, 3.05) is 0 Å². The van der Waals surface area contributed by atoms with Crippen molar-refractivity contribution in [2.24, 2.45) is 0 Å². The number of alkyl halides is 2. The molecule has 2 nitrogen and oxygen atoms in total. The fraction of sp³-hybridized carbons (Fsp3) is 0.0714. The molecule has 0 aliphatic carbocycles. The van der Waals surface area contributed by atoms with Gasteiger partial charge in [-0.25, -0.2) is 13.3 Å². The molecule has 0 saturated heterocycles. The second-order valence-electron chi connectivity index (χ2n) is 4.13. The Labute approximate surface area is 116 Å². The van der Waals surface area contributed by atoms with Gasteiger partial charge in [0.25, 0.3) is 6.43 Å². The van der Waals surface area contributed by atoms with E-state index < -0.39 is 6.43 Å². The molecule has 1 aromatic carbocycles. The molecule has 0 aliphatic rings. The lowest BCUT2D eigenvalue weighted by atomic mass is 10.1. The van der Waals surface area contributed by atoms with E-state index >= 15 is 0 Å². The van der Waals surface area contributed by atoms with Gasteiger partial charge in [-0.05, 0) is 34.1 Å². The van der Waals surface area contributed by atoms with Gasteiger partial charge < -0.3 is 0 Å². The minimum absolute atomic E-state index is 0.00460. The second-order valence-corrected chi connectivity index (χ2v) is 5.05. The third-order valence-electron chi connectivity index (χ3n) is 2.90. The van der Waals surface area contributed by atoms with E-state index in [1.165, 1.54) is 6.07 Å². The molecule has 3 rings (SSSR count). The molecule has 0 saturated carbocycles. The summed E-state index contributed by atoms with van der Waals surface area (Å²) in [6.07, 6.45) is -0.711. The number of benzene rings is 1. The molecule has 5 heteroatoms. The number of halogens is 3. The van der Waals surface area contributed by atoms with Gasteiger partial charge in [-0.15, -0.1) is 0 Å². The van der Waals surface area contributed by atoms with Crippen LogP contribution in [0, 0.1) is 0 Å². The molecular weight excluding hydrogens is 314 g/mol. The third-order valence-corrected chi connectivity index (χ3v) is 3.36. The van der Waals surface area contributed by atoms with Crippen molar-refractivity contribution in [3.05, 3.63) is 58.7 Å². The van der Waals surface area contributed by atoms with Crippen molar-refractivity contribution >= 4 is 21.4 Å². The molecule has 0 bridgehead atoms. The first kappa shape index (κ1) is 12.3. The van der Waals surface area contributed by atoms with Crippen molar-refractivity contribution in [1.82, 2.24) is 9.61 Å². The summed E-state index contributed by atoms with van der Waals surface area (Å²) in [6, 6.07) is 12.0. The first-order chi connectivity index (χ1) is 9.15. The monoisotopic (exact) mass is 322 g/mol. The van der Waals surface area contributed by atoms with Gasteiger partial charge in [0, 0.05) is 21.8 Å². The molecule has 19 heavy (non-hydrogen) atoms. The van der Waals surface area contributed by atoms with Gasteiger partial charge in [0.05, 0.1) is 11.2 Å². The number of aromatic nitrogens is 2.